The van der Waals surface area contributed by atoms with Gasteiger partial charge in [0.25, 0.3) is 0 Å². The van der Waals surface area contributed by atoms with Crippen LogP contribution in [0.1, 0.15) is 57.4 Å². The lowest BCUT2D eigenvalue weighted by atomic mass is 9.78. The highest BCUT2D eigenvalue weighted by Gasteiger charge is 2.33. The third-order valence-corrected chi connectivity index (χ3v) is 5.17. The molecule has 3 heteroatoms. The van der Waals surface area contributed by atoms with Crippen molar-refractivity contribution in [2.45, 2.75) is 64.5 Å². The molecule has 0 radical (unpaired) electrons. The van der Waals surface area contributed by atoms with E-state index >= 15 is 0 Å². The molecule has 1 saturated heterocycles. The Labute approximate surface area is 129 Å². The first kappa shape index (κ1) is 14.8. The van der Waals surface area contributed by atoms with E-state index in [1.54, 1.807) is 0 Å². The fourth-order valence-electron chi connectivity index (χ4n) is 4.11. The van der Waals surface area contributed by atoms with Crippen molar-refractivity contribution >= 4 is 5.82 Å². The summed E-state index contributed by atoms with van der Waals surface area (Å²) in [6.45, 7) is 5.55. The van der Waals surface area contributed by atoms with E-state index in [0.717, 1.165) is 37.3 Å². The van der Waals surface area contributed by atoms with E-state index < -0.39 is 0 Å². The van der Waals surface area contributed by atoms with Crippen molar-refractivity contribution in [1.82, 2.24) is 9.88 Å². The zero-order valence-corrected chi connectivity index (χ0v) is 13.4. The highest BCUT2D eigenvalue weighted by Crippen LogP contribution is 2.36. The molecule has 116 valence electrons. The fourth-order valence-corrected chi connectivity index (χ4v) is 4.11. The standard InChI is InChI=1S/C18H29N3/c1-2-11-19-18-16(8-5-12-20-18)14-21-13-6-9-15-7-3-4-10-17(15)21/h5,8,12,15,17H,2-4,6-7,9-11,13-14H2,1H3,(H,19,20)/t15-,17-/m1/s1. The number of likely N-dealkylation sites (tertiary alicyclic amines) is 1. The number of pyridine rings is 1. The van der Waals surface area contributed by atoms with Gasteiger partial charge >= 0.3 is 0 Å². The number of anilines is 1. The minimum Gasteiger partial charge on any atom is -0.370 e. The van der Waals surface area contributed by atoms with Gasteiger partial charge < -0.3 is 5.32 Å². The first-order chi connectivity index (χ1) is 10.4. The first-order valence-corrected chi connectivity index (χ1v) is 8.80. The van der Waals surface area contributed by atoms with Crippen LogP contribution in [0, 0.1) is 5.92 Å². The molecule has 1 aliphatic heterocycles. The maximum Gasteiger partial charge on any atom is 0.130 e. The summed E-state index contributed by atoms with van der Waals surface area (Å²) < 4.78 is 0. The van der Waals surface area contributed by atoms with Crippen LogP contribution >= 0.6 is 0 Å². The summed E-state index contributed by atoms with van der Waals surface area (Å²) in [5.74, 6) is 2.05. The van der Waals surface area contributed by atoms with E-state index in [0.29, 0.717) is 0 Å². The Morgan fingerprint density at radius 3 is 3.00 bits per heavy atom. The van der Waals surface area contributed by atoms with Crippen molar-refractivity contribution in [2.75, 3.05) is 18.4 Å². The molecule has 2 fully saturated rings. The third kappa shape index (κ3) is 3.57. The number of hydrogen-bond donors (Lipinski definition) is 1. The molecule has 0 aromatic carbocycles. The van der Waals surface area contributed by atoms with Crippen LogP contribution < -0.4 is 5.32 Å². The number of aromatic nitrogens is 1. The highest BCUT2D eigenvalue weighted by molar-refractivity contribution is 5.43. The molecular weight excluding hydrogens is 258 g/mol. The molecule has 0 bridgehead atoms. The molecule has 1 saturated carbocycles. The summed E-state index contributed by atoms with van der Waals surface area (Å²) in [6.07, 6.45) is 11.6. The summed E-state index contributed by atoms with van der Waals surface area (Å²) in [6, 6.07) is 5.15. The van der Waals surface area contributed by atoms with E-state index in [9.17, 15) is 0 Å². The lowest BCUT2D eigenvalue weighted by Gasteiger charge is -2.44. The number of nitrogens with zero attached hydrogens (tertiary/aromatic N) is 2. The predicted octanol–water partition coefficient (Wildman–Crippen LogP) is 4.06. The van der Waals surface area contributed by atoms with Crippen molar-refractivity contribution in [3.8, 4) is 0 Å². The molecule has 1 aliphatic carbocycles. The Hall–Kier alpha value is -1.09. The Balaban J connectivity index is 1.70. The van der Waals surface area contributed by atoms with E-state index in [1.807, 2.05) is 6.20 Å². The molecule has 1 aromatic rings. The van der Waals surface area contributed by atoms with Gasteiger partial charge in [-0.2, -0.15) is 0 Å². The molecule has 0 spiro atoms. The topological polar surface area (TPSA) is 28.2 Å². The van der Waals surface area contributed by atoms with Gasteiger partial charge in [0, 0.05) is 30.9 Å². The average molecular weight is 287 g/mol. The van der Waals surface area contributed by atoms with Gasteiger partial charge in [-0.3, -0.25) is 4.90 Å². The van der Waals surface area contributed by atoms with Crippen LogP contribution in [-0.2, 0) is 6.54 Å². The van der Waals surface area contributed by atoms with Gasteiger partial charge in [0.1, 0.15) is 5.82 Å². The van der Waals surface area contributed by atoms with E-state index in [1.165, 1.54) is 50.6 Å². The predicted molar refractivity (Wildman–Crippen MR) is 88.4 cm³/mol. The molecule has 3 rings (SSSR count). The average Bonchev–Trinajstić information content (AvgIpc) is 2.54. The molecule has 1 aromatic heterocycles. The Kier molecular flexibility index (Phi) is 5.13. The van der Waals surface area contributed by atoms with E-state index in [-0.39, 0.29) is 0 Å². The summed E-state index contributed by atoms with van der Waals surface area (Å²) in [7, 11) is 0. The molecular formula is C18H29N3. The van der Waals surface area contributed by atoms with Crippen molar-refractivity contribution in [2.24, 2.45) is 5.92 Å². The van der Waals surface area contributed by atoms with Crippen molar-refractivity contribution in [3.63, 3.8) is 0 Å². The van der Waals surface area contributed by atoms with Gasteiger partial charge in [-0.15, -0.1) is 0 Å². The maximum absolute atomic E-state index is 4.55. The van der Waals surface area contributed by atoms with Crippen molar-refractivity contribution in [3.05, 3.63) is 23.9 Å². The maximum atomic E-state index is 4.55. The molecule has 1 N–H and O–H groups in total. The van der Waals surface area contributed by atoms with Crippen LogP contribution in [0.25, 0.3) is 0 Å². The second kappa shape index (κ2) is 7.26. The van der Waals surface area contributed by atoms with Crippen molar-refractivity contribution in [1.29, 1.82) is 0 Å². The monoisotopic (exact) mass is 287 g/mol. The van der Waals surface area contributed by atoms with Crippen molar-refractivity contribution < 1.29 is 0 Å². The van der Waals surface area contributed by atoms with Gasteiger partial charge in [0.2, 0.25) is 0 Å². The molecule has 2 atom stereocenters. The second-order valence-electron chi connectivity index (χ2n) is 6.66. The van der Waals surface area contributed by atoms with Gasteiger partial charge in [-0.05, 0) is 50.6 Å². The summed E-state index contributed by atoms with van der Waals surface area (Å²) >= 11 is 0. The van der Waals surface area contributed by atoms with Gasteiger partial charge in [0.15, 0.2) is 0 Å². The number of nitrogens with one attached hydrogen (secondary N) is 1. The number of fused-ring (bicyclic) bond motifs is 1. The molecule has 2 heterocycles. The van der Waals surface area contributed by atoms with Gasteiger partial charge in [0.05, 0.1) is 0 Å². The molecule has 3 nitrogen and oxygen atoms in total. The molecule has 2 aliphatic rings. The number of piperidine rings is 1. The normalized spacial score (nSPS) is 26.3. The SMILES string of the molecule is CCCNc1ncccc1CN1CCC[C@H]2CCCC[C@H]21. The third-order valence-electron chi connectivity index (χ3n) is 5.17. The summed E-state index contributed by atoms with van der Waals surface area (Å²) in [5, 5.41) is 3.49. The molecule has 0 amide bonds. The quantitative estimate of drug-likeness (QED) is 0.885. The zero-order chi connectivity index (χ0) is 14.5. The van der Waals surface area contributed by atoms with E-state index in [4.69, 9.17) is 0 Å². The first-order valence-electron chi connectivity index (χ1n) is 8.80. The fraction of sp³-hybridized carbons (Fsp3) is 0.722. The van der Waals surface area contributed by atoms with E-state index in [2.05, 4.69) is 34.3 Å². The highest BCUT2D eigenvalue weighted by atomic mass is 15.2. The number of hydrogen-bond acceptors (Lipinski definition) is 3. The lowest BCUT2D eigenvalue weighted by molar-refractivity contribution is 0.0548. The van der Waals surface area contributed by atoms with Crippen LogP contribution in [0.3, 0.4) is 0 Å². The summed E-state index contributed by atoms with van der Waals surface area (Å²) in [5.41, 5.74) is 1.37. The lowest BCUT2D eigenvalue weighted by Crippen LogP contribution is -2.46. The number of rotatable bonds is 5. The smallest absolute Gasteiger partial charge is 0.130 e. The second-order valence-corrected chi connectivity index (χ2v) is 6.66. The van der Waals surface area contributed by atoms with Crippen LogP contribution in [0.4, 0.5) is 5.82 Å². The Morgan fingerprint density at radius 2 is 2.10 bits per heavy atom. The minimum absolute atomic E-state index is 0.826. The van der Waals surface area contributed by atoms with Crippen LogP contribution in [-0.4, -0.2) is 29.0 Å². The van der Waals surface area contributed by atoms with Crippen LogP contribution in [0.15, 0.2) is 18.3 Å². The molecule has 21 heavy (non-hydrogen) atoms. The largest absolute Gasteiger partial charge is 0.370 e. The molecule has 0 unspecified atom stereocenters. The minimum atomic E-state index is 0.826. The van der Waals surface area contributed by atoms with Crippen LogP contribution in [0.2, 0.25) is 0 Å². The van der Waals surface area contributed by atoms with Gasteiger partial charge in [-0.1, -0.05) is 25.8 Å². The summed E-state index contributed by atoms with van der Waals surface area (Å²) in [4.78, 5) is 7.29. The zero-order valence-electron chi connectivity index (χ0n) is 13.4. The van der Waals surface area contributed by atoms with Crippen LogP contribution in [0.5, 0.6) is 0 Å². The Morgan fingerprint density at radius 1 is 1.24 bits per heavy atom. The van der Waals surface area contributed by atoms with Gasteiger partial charge in [-0.25, -0.2) is 4.98 Å². The Bertz CT molecular complexity index is 444.